The molecule has 5 N–H and O–H groups in total. The van der Waals surface area contributed by atoms with Crippen LogP contribution in [0.1, 0.15) is 28.4 Å². The zero-order valence-corrected chi connectivity index (χ0v) is 9.63. The molecule has 1 heterocycles. The maximum atomic E-state index is 10.7. The summed E-state index contributed by atoms with van der Waals surface area (Å²) in [7, 11) is 0. The van der Waals surface area contributed by atoms with Crippen LogP contribution in [-0.4, -0.2) is 38.9 Å². The molecule has 1 rings (SSSR count). The van der Waals surface area contributed by atoms with Gasteiger partial charge in [0.2, 0.25) is 0 Å². The van der Waals surface area contributed by atoms with E-state index in [4.69, 9.17) is 22.4 Å². The number of rotatable bonds is 5. The summed E-state index contributed by atoms with van der Waals surface area (Å²) in [5, 5.41) is 28.1. The standard InChI is InChI=1S/C10H13ClN2O4/c11-9-6(8(15)7(14)1-2-12)3-5(4-13-9)10(16)17/h3-4,7-8,14-15H,1-2,12H2,(H,16,17). The molecule has 0 spiro atoms. The maximum absolute atomic E-state index is 10.7. The molecule has 0 radical (unpaired) electrons. The zero-order chi connectivity index (χ0) is 13.0. The zero-order valence-electron chi connectivity index (χ0n) is 8.88. The first-order chi connectivity index (χ1) is 7.97. The number of carbonyl (C=O) groups is 1. The highest BCUT2D eigenvalue weighted by atomic mass is 35.5. The quantitative estimate of drug-likeness (QED) is 0.561. The molecular weight excluding hydrogens is 248 g/mol. The number of aromatic nitrogens is 1. The smallest absolute Gasteiger partial charge is 0.337 e. The summed E-state index contributed by atoms with van der Waals surface area (Å²) in [6.45, 7) is 0.196. The monoisotopic (exact) mass is 260 g/mol. The van der Waals surface area contributed by atoms with Crippen LogP contribution >= 0.6 is 11.6 Å². The summed E-state index contributed by atoms with van der Waals surface area (Å²) >= 11 is 5.73. The number of hydrogen-bond donors (Lipinski definition) is 4. The van der Waals surface area contributed by atoms with Gasteiger partial charge in [-0.3, -0.25) is 0 Å². The highest BCUT2D eigenvalue weighted by molar-refractivity contribution is 6.30. The average Bonchev–Trinajstić information content (AvgIpc) is 2.28. The molecule has 0 aliphatic rings. The first-order valence-electron chi connectivity index (χ1n) is 4.92. The van der Waals surface area contributed by atoms with Crippen molar-refractivity contribution >= 4 is 17.6 Å². The molecule has 2 unspecified atom stereocenters. The molecule has 0 bridgehead atoms. The largest absolute Gasteiger partial charge is 0.478 e. The molecule has 0 aliphatic carbocycles. The second kappa shape index (κ2) is 5.92. The van der Waals surface area contributed by atoms with Crippen LogP contribution in [0.25, 0.3) is 0 Å². The van der Waals surface area contributed by atoms with Crippen LogP contribution in [0.15, 0.2) is 12.3 Å². The third kappa shape index (κ3) is 3.37. The fourth-order valence-corrected chi connectivity index (χ4v) is 1.54. The number of aromatic carboxylic acids is 1. The van der Waals surface area contributed by atoms with Crippen molar-refractivity contribution in [3.05, 3.63) is 28.5 Å². The third-order valence-electron chi connectivity index (χ3n) is 2.26. The summed E-state index contributed by atoms with van der Waals surface area (Å²) in [5.41, 5.74) is 5.22. The fourth-order valence-electron chi connectivity index (χ4n) is 1.33. The van der Waals surface area contributed by atoms with Gasteiger partial charge in [0, 0.05) is 11.8 Å². The number of aliphatic hydroxyl groups excluding tert-OH is 2. The van der Waals surface area contributed by atoms with Crippen molar-refractivity contribution in [3.63, 3.8) is 0 Å². The van der Waals surface area contributed by atoms with Gasteiger partial charge in [-0.2, -0.15) is 0 Å². The number of pyridine rings is 1. The Balaban J connectivity index is 3.03. The van der Waals surface area contributed by atoms with Gasteiger partial charge in [0.15, 0.2) is 0 Å². The van der Waals surface area contributed by atoms with E-state index >= 15 is 0 Å². The number of carboxylic acid groups (broad SMARTS) is 1. The van der Waals surface area contributed by atoms with Crippen molar-refractivity contribution in [2.24, 2.45) is 5.73 Å². The Bertz CT molecular complexity index is 413. The highest BCUT2D eigenvalue weighted by Gasteiger charge is 2.22. The molecule has 1 aromatic heterocycles. The van der Waals surface area contributed by atoms with Gasteiger partial charge in [0.05, 0.1) is 11.7 Å². The first kappa shape index (κ1) is 13.9. The second-order valence-corrected chi connectivity index (χ2v) is 3.86. The van der Waals surface area contributed by atoms with Crippen LogP contribution in [-0.2, 0) is 0 Å². The Morgan fingerprint density at radius 1 is 1.53 bits per heavy atom. The fraction of sp³-hybridized carbons (Fsp3) is 0.400. The van der Waals surface area contributed by atoms with Gasteiger partial charge in [-0.1, -0.05) is 11.6 Å². The summed E-state index contributed by atoms with van der Waals surface area (Å²) < 4.78 is 0. The normalized spacial score (nSPS) is 14.4. The van der Waals surface area contributed by atoms with Gasteiger partial charge in [-0.25, -0.2) is 9.78 Å². The van der Waals surface area contributed by atoms with E-state index in [2.05, 4.69) is 4.98 Å². The Morgan fingerprint density at radius 2 is 2.18 bits per heavy atom. The van der Waals surface area contributed by atoms with E-state index in [1.165, 1.54) is 6.07 Å². The number of nitrogens with zero attached hydrogens (tertiary/aromatic N) is 1. The molecule has 0 saturated carbocycles. The van der Waals surface area contributed by atoms with Gasteiger partial charge in [0.25, 0.3) is 0 Å². The van der Waals surface area contributed by atoms with Crippen molar-refractivity contribution < 1.29 is 20.1 Å². The van der Waals surface area contributed by atoms with Gasteiger partial charge < -0.3 is 21.1 Å². The average molecular weight is 261 g/mol. The molecule has 17 heavy (non-hydrogen) atoms. The maximum Gasteiger partial charge on any atom is 0.337 e. The number of nitrogens with two attached hydrogens (primary N) is 1. The lowest BCUT2D eigenvalue weighted by Gasteiger charge is -2.18. The number of aliphatic hydroxyl groups is 2. The van der Waals surface area contributed by atoms with Crippen molar-refractivity contribution in [1.82, 2.24) is 4.98 Å². The topological polar surface area (TPSA) is 117 Å². The van der Waals surface area contributed by atoms with Crippen LogP contribution in [0.2, 0.25) is 5.15 Å². The van der Waals surface area contributed by atoms with E-state index in [9.17, 15) is 15.0 Å². The minimum Gasteiger partial charge on any atom is -0.478 e. The molecule has 6 nitrogen and oxygen atoms in total. The predicted molar refractivity (Wildman–Crippen MR) is 60.8 cm³/mol. The van der Waals surface area contributed by atoms with Crippen LogP contribution in [0.5, 0.6) is 0 Å². The molecule has 7 heteroatoms. The number of carboxylic acids is 1. The Labute approximate surface area is 103 Å². The lowest BCUT2D eigenvalue weighted by molar-refractivity contribution is 0.0148. The Morgan fingerprint density at radius 3 is 2.71 bits per heavy atom. The van der Waals surface area contributed by atoms with Gasteiger partial charge >= 0.3 is 5.97 Å². The molecule has 94 valence electrons. The van der Waals surface area contributed by atoms with Crippen molar-refractivity contribution in [2.75, 3.05) is 6.54 Å². The van der Waals surface area contributed by atoms with Gasteiger partial charge in [-0.15, -0.1) is 0 Å². The summed E-state index contributed by atoms with van der Waals surface area (Å²) in [6.07, 6.45) is -1.16. The molecule has 0 aromatic carbocycles. The summed E-state index contributed by atoms with van der Waals surface area (Å²) in [5.74, 6) is -1.18. The van der Waals surface area contributed by atoms with Gasteiger partial charge in [-0.05, 0) is 19.0 Å². The van der Waals surface area contributed by atoms with E-state index < -0.39 is 18.2 Å². The van der Waals surface area contributed by atoms with Crippen LogP contribution < -0.4 is 5.73 Å². The number of hydrogen-bond acceptors (Lipinski definition) is 5. The van der Waals surface area contributed by atoms with Gasteiger partial charge in [0.1, 0.15) is 11.3 Å². The van der Waals surface area contributed by atoms with E-state index in [1.807, 2.05) is 0 Å². The third-order valence-corrected chi connectivity index (χ3v) is 2.57. The van der Waals surface area contributed by atoms with Crippen molar-refractivity contribution in [1.29, 1.82) is 0 Å². The molecular formula is C10H13ClN2O4. The minimum atomic E-state index is -1.31. The molecule has 0 aliphatic heterocycles. The lowest BCUT2D eigenvalue weighted by atomic mass is 10.0. The number of halogens is 1. The highest BCUT2D eigenvalue weighted by Crippen LogP contribution is 2.25. The second-order valence-electron chi connectivity index (χ2n) is 3.50. The summed E-state index contributed by atoms with van der Waals surface area (Å²) in [6, 6.07) is 1.18. The van der Waals surface area contributed by atoms with Crippen LogP contribution in [0.3, 0.4) is 0 Å². The predicted octanol–water partition coefficient (Wildman–Crippen LogP) is 0.176. The van der Waals surface area contributed by atoms with Crippen molar-refractivity contribution in [2.45, 2.75) is 18.6 Å². The molecule has 0 fully saturated rings. The Kier molecular flexibility index (Phi) is 4.83. The van der Waals surface area contributed by atoms with Crippen LogP contribution in [0, 0.1) is 0 Å². The Hall–Kier alpha value is -1.21. The summed E-state index contributed by atoms with van der Waals surface area (Å²) in [4.78, 5) is 14.4. The van der Waals surface area contributed by atoms with E-state index in [0.29, 0.717) is 0 Å². The minimum absolute atomic E-state index is 0.0430. The first-order valence-corrected chi connectivity index (χ1v) is 5.30. The lowest BCUT2D eigenvalue weighted by Crippen LogP contribution is -2.22. The molecule has 0 saturated heterocycles. The SMILES string of the molecule is NCCC(O)C(O)c1cc(C(=O)O)cnc1Cl. The molecule has 1 aromatic rings. The van der Waals surface area contributed by atoms with E-state index in [0.717, 1.165) is 6.20 Å². The molecule has 2 atom stereocenters. The van der Waals surface area contributed by atoms with Crippen molar-refractivity contribution in [3.8, 4) is 0 Å². The van der Waals surface area contributed by atoms with E-state index in [1.54, 1.807) is 0 Å². The van der Waals surface area contributed by atoms with Crippen LogP contribution in [0.4, 0.5) is 0 Å². The molecule has 0 amide bonds. The van der Waals surface area contributed by atoms with E-state index in [-0.39, 0.29) is 29.2 Å².